The maximum Gasteiger partial charge on any atom is 0.270 e. The third kappa shape index (κ3) is 4.34. The second kappa shape index (κ2) is 8.89. The molecule has 0 spiro atoms. The Labute approximate surface area is 175 Å². The van der Waals surface area contributed by atoms with Crippen LogP contribution in [0, 0.1) is 0 Å². The minimum atomic E-state index is -0.620. The molecule has 0 radical (unpaired) electrons. The number of hydrogen-bond donors (Lipinski definition) is 2. The quantitative estimate of drug-likeness (QED) is 0.765. The van der Waals surface area contributed by atoms with Gasteiger partial charge in [-0.1, -0.05) is 12.1 Å². The largest absolute Gasteiger partial charge is 0.497 e. The van der Waals surface area contributed by atoms with Gasteiger partial charge in [-0.2, -0.15) is 0 Å². The molecule has 2 aromatic rings. The molecule has 1 fully saturated rings. The van der Waals surface area contributed by atoms with Crippen molar-refractivity contribution in [2.24, 2.45) is 0 Å². The number of hydrogen-bond acceptors (Lipinski definition) is 7. The molecule has 0 saturated carbocycles. The van der Waals surface area contributed by atoms with E-state index >= 15 is 0 Å². The van der Waals surface area contributed by atoms with Gasteiger partial charge in [0.25, 0.3) is 5.91 Å². The van der Waals surface area contributed by atoms with Crippen LogP contribution in [-0.4, -0.2) is 68.7 Å². The lowest BCUT2D eigenvalue weighted by Crippen LogP contribution is -2.49. The average Bonchev–Trinajstić information content (AvgIpc) is 2.76. The van der Waals surface area contributed by atoms with Gasteiger partial charge >= 0.3 is 0 Å². The summed E-state index contributed by atoms with van der Waals surface area (Å²) in [5.41, 5.74) is 2.26. The summed E-state index contributed by atoms with van der Waals surface area (Å²) in [5, 5.41) is 13.0. The van der Waals surface area contributed by atoms with E-state index in [1.807, 2.05) is 36.2 Å². The van der Waals surface area contributed by atoms with Crippen LogP contribution in [0.2, 0.25) is 0 Å². The van der Waals surface area contributed by atoms with E-state index in [2.05, 4.69) is 10.3 Å². The van der Waals surface area contributed by atoms with Crippen molar-refractivity contribution >= 4 is 11.7 Å². The van der Waals surface area contributed by atoms with Gasteiger partial charge < -0.3 is 29.5 Å². The molecule has 0 aliphatic carbocycles. The summed E-state index contributed by atoms with van der Waals surface area (Å²) >= 11 is 0. The number of likely N-dealkylation sites (N-methyl/N-ethyl adjacent to an activating group) is 1. The summed E-state index contributed by atoms with van der Waals surface area (Å²) < 4.78 is 16.5. The van der Waals surface area contributed by atoms with Crippen LogP contribution in [0.5, 0.6) is 11.5 Å². The SMILES string of the molecule is COc1ccc(Cc2cc(C(=O)N[C@H]3COCC[C@@H]3O)nc3c2OCCN3C)cc1. The van der Waals surface area contributed by atoms with Gasteiger partial charge in [0.2, 0.25) is 0 Å². The number of aromatic nitrogens is 1. The number of ether oxygens (including phenoxy) is 3. The van der Waals surface area contributed by atoms with E-state index in [4.69, 9.17) is 14.2 Å². The van der Waals surface area contributed by atoms with Gasteiger partial charge in [0.1, 0.15) is 18.1 Å². The molecule has 1 aromatic carbocycles. The number of nitrogens with one attached hydrogen (secondary N) is 1. The minimum absolute atomic E-state index is 0.291. The first-order chi connectivity index (χ1) is 14.5. The number of carbonyl (C=O) groups is 1. The molecule has 8 nitrogen and oxygen atoms in total. The van der Waals surface area contributed by atoms with E-state index in [0.717, 1.165) is 16.9 Å². The standard InChI is InChI=1S/C22H27N3O5/c1-25-8-10-30-20-15(11-14-3-5-16(28-2)6-4-14)12-17(23-21(20)25)22(27)24-18-13-29-9-7-19(18)26/h3-6,12,18-19,26H,7-11,13H2,1-2H3,(H,24,27)/t18-,19-/m0/s1. The fourth-order valence-corrected chi connectivity index (χ4v) is 3.70. The molecule has 2 atom stereocenters. The number of pyridine rings is 1. The van der Waals surface area contributed by atoms with Crippen LogP contribution in [0.25, 0.3) is 0 Å². The summed E-state index contributed by atoms with van der Waals surface area (Å²) in [6, 6.07) is 9.14. The van der Waals surface area contributed by atoms with Crippen LogP contribution in [-0.2, 0) is 11.2 Å². The second-order valence-electron chi connectivity index (χ2n) is 7.63. The Kier molecular flexibility index (Phi) is 6.06. The third-order valence-corrected chi connectivity index (χ3v) is 5.49. The van der Waals surface area contributed by atoms with Crippen LogP contribution in [0.15, 0.2) is 30.3 Å². The van der Waals surface area contributed by atoms with Crippen molar-refractivity contribution in [3.63, 3.8) is 0 Å². The van der Waals surface area contributed by atoms with Crippen LogP contribution in [0.1, 0.15) is 28.0 Å². The Morgan fingerprint density at radius 2 is 2.13 bits per heavy atom. The molecule has 2 N–H and O–H groups in total. The first kappa shape index (κ1) is 20.4. The fraction of sp³-hybridized carbons (Fsp3) is 0.455. The van der Waals surface area contributed by atoms with E-state index in [9.17, 15) is 9.90 Å². The zero-order valence-electron chi connectivity index (χ0n) is 17.3. The van der Waals surface area contributed by atoms with Gasteiger partial charge in [-0.05, 0) is 30.2 Å². The highest BCUT2D eigenvalue weighted by atomic mass is 16.5. The summed E-state index contributed by atoms with van der Waals surface area (Å²) in [5.74, 6) is 1.82. The molecule has 1 saturated heterocycles. The number of rotatable bonds is 5. The van der Waals surface area contributed by atoms with E-state index in [0.29, 0.717) is 56.5 Å². The number of methoxy groups -OCH3 is 1. The zero-order chi connectivity index (χ0) is 21.1. The Balaban J connectivity index is 1.63. The first-order valence-corrected chi connectivity index (χ1v) is 10.1. The maximum atomic E-state index is 12.9. The molecule has 0 bridgehead atoms. The topological polar surface area (TPSA) is 93.2 Å². The number of benzene rings is 1. The monoisotopic (exact) mass is 413 g/mol. The Morgan fingerprint density at radius 1 is 1.33 bits per heavy atom. The van der Waals surface area contributed by atoms with Crippen molar-refractivity contribution in [3.8, 4) is 11.5 Å². The highest BCUT2D eigenvalue weighted by Gasteiger charge is 2.28. The Morgan fingerprint density at radius 3 is 2.87 bits per heavy atom. The van der Waals surface area contributed by atoms with E-state index in [-0.39, 0.29) is 5.91 Å². The molecule has 2 aliphatic heterocycles. The first-order valence-electron chi connectivity index (χ1n) is 10.1. The smallest absolute Gasteiger partial charge is 0.270 e. The maximum absolute atomic E-state index is 12.9. The molecule has 3 heterocycles. The molecule has 0 unspecified atom stereocenters. The predicted octanol–water partition coefficient (Wildman–Crippen LogP) is 1.39. The molecule has 4 rings (SSSR count). The lowest BCUT2D eigenvalue weighted by molar-refractivity contribution is -0.0140. The number of carbonyl (C=O) groups excluding carboxylic acids is 1. The van der Waals surface area contributed by atoms with Crippen molar-refractivity contribution in [1.29, 1.82) is 0 Å². The molecule has 2 aliphatic rings. The van der Waals surface area contributed by atoms with Gasteiger partial charge in [-0.15, -0.1) is 0 Å². The summed E-state index contributed by atoms with van der Waals surface area (Å²) in [6.45, 7) is 2.05. The Bertz CT molecular complexity index is 902. The lowest BCUT2D eigenvalue weighted by atomic mass is 10.0. The van der Waals surface area contributed by atoms with Crippen molar-refractivity contribution in [3.05, 3.63) is 47.2 Å². The molecule has 160 valence electrons. The molecular formula is C22H27N3O5. The number of aliphatic hydroxyl groups excluding tert-OH is 1. The van der Waals surface area contributed by atoms with Gasteiger partial charge in [-0.25, -0.2) is 4.98 Å². The van der Waals surface area contributed by atoms with Crippen molar-refractivity contribution in [2.45, 2.75) is 25.0 Å². The molecule has 1 aromatic heterocycles. The van der Waals surface area contributed by atoms with Gasteiger partial charge in [0.15, 0.2) is 11.6 Å². The van der Waals surface area contributed by atoms with Crippen LogP contribution in [0.4, 0.5) is 5.82 Å². The van der Waals surface area contributed by atoms with Crippen molar-refractivity contribution < 1.29 is 24.1 Å². The van der Waals surface area contributed by atoms with E-state index < -0.39 is 12.1 Å². The number of amides is 1. The molecule has 8 heteroatoms. The highest BCUT2D eigenvalue weighted by Crippen LogP contribution is 2.34. The Hall–Kier alpha value is -2.84. The van der Waals surface area contributed by atoms with Gasteiger partial charge in [0.05, 0.1) is 32.4 Å². The fourth-order valence-electron chi connectivity index (χ4n) is 3.70. The van der Waals surface area contributed by atoms with Crippen LogP contribution < -0.4 is 19.7 Å². The summed E-state index contributed by atoms with van der Waals surface area (Å²) in [7, 11) is 3.57. The van der Waals surface area contributed by atoms with Crippen LogP contribution in [0.3, 0.4) is 0 Å². The predicted molar refractivity (Wildman–Crippen MR) is 111 cm³/mol. The second-order valence-corrected chi connectivity index (χ2v) is 7.63. The van der Waals surface area contributed by atoms with E-state index in [1.165, 1.54) is 0 Å². The van der Waals surface area contributed by atoms with E-state index in [1.54, 1.807) is 13.2 Å². The molecular weight excluding hydrogens is 386 g/mol. The number of fused-ring (bicyclic) bond motifs is 1. The number of aliphatic hydroxyl groups is 1. The van der Waals surface area contributed by atoms with Crippen molar-refractivity contribution in [1.82, 2.24) is 10.3 Å². The normalized spacial score (nSPS) is 20.8. The molecule has 30 heavy (non-hydrogen) atoms. The molecule has 1 amide bonds. The number of anilines is 1. The minimum Gasteiger partial charge on any atom is -0.497 e. The summed E-state index contributed by atoms with van der Waals surface area (Å²) in [4.78, 5) is 19.5. The van der Waals surface area contributed by atoms with Gasteiger partial charge in [0, 0.05) is 25.6 Å². The highest BCUT2D eigenvalue weighted by molar-refractivity contribution is 5.93. The summed E-state index contributed by atoms with van der Waals surface area (Å²) in [6.07, 6.45) is 0.477. The van der Waals surface area contributed by atoms with Gasteiger partial charge in [-0.3, -0.25) is 4.79 Å². The van der Waals surface area contributed by atoms with Crippen molar-refractivity contribution in [2.75, 3.05) is 45.4 Å². The average molecular weight is 413 g/mol. The third-order valence-electron chi connectivity index (χ3n) is 5.49. The zero-order valence-corrected chi connectivity index (χ0v) is 17.3. The number of nitrogens with zero attached hydrogens (tertiary/aromatic N) is 2. The van der Waals surface area contributed by atoms with Crippen LogP contribution >= 0.6 is 0 Å². The lowest BCUT2D eigenvalue weighted by Gasteiger charge is -2.30.